The van der Waals surface area contributed by atoms with Crippen LogP contribution in [0.25, 0.3) is 0 Å². The van der Waals surface area contributed by atoms with Crippen molar-refractivity contribution in [2.24, 2.45) is 5.73 Å². The van der Waals surface area contributed by atoms with Crippen LogP contribution in [0.15, 0.2) is 18.2 Å². The molecule has 4 N–H and O–H groups in total. The maximum absolute atomic E-state index is 13.6. The number of nitrogens with one attached hydrogen (secondary N) is 2. The highest BCUT2D eigenvalue weighted by Gasteiger charge is 2.21. The Labute approximate surface area is 110 Å². The molecule has 1 amide bonds. The zero-order valence-electron chi connectivity index (χ0n) is 9.70. The minimum absolute atomic E-state index is 0.0226. The number of carbonyl (C=O) groups excluding carboxylic acids is 1. The van der Waals surface area contributed by atoms with E-state index in [9.17, 15) is 9.18 Å². The second kappa shape index (κ2) is 5.30. The van der Waals surface area contributed by atoms with Crippen LogP contribution in [0.5, 0.6) is 0 Å². The monoisotopic (exact) mass is 267 g/mol. The highest BCUT2D eigenvalue weighted by atomic mass is 32.1. The first-order valence-corrected chi connectivity index (χ1v) is 6.12. The Kier molecular flexibility index (Phi) is 3.76. The number of thiocarbonyl (C=S) groups is 1. The number of amides is 1. The molecule has 0 spiro atoms. The van der Waals surface area contributed by atoms with Crippen LogP contribution < -0.4 is 16.4 Å². The molecule has 1 aromatic carbocycles. The lowest BCUT2D eigenvalue weighted by Crippen LogP contribution is -2.44. The molecule has 1 fully saturated rings. The number of anilines is 1. The first-order chi connectivity index (χ1) is 8.58. The lowest BCUT2D eigenvalue weighted by atomic mass is 10.1. The van der Waals surface area contributed by atoms with Gasteiger partial charge in [0, 0.05) is 17.8 Å². The van der Waals surface area contributed by atoms with Gasteiger partial charge in [0.25, 0.3) is 0 Å². The van der Waals surface area contributed by atoms with Gasteiger partial charge in [-0.05, 0) is 31.0 Å². The minimum atomic E-state index is -0.483. The summed E-state index contributed by atoms with van der Waals surface area (Å²) in [6.07, 6.45) is 1.65. The summed E-state index contributed by atoms with van der Waals surface area (Å²) in [7, 11) is 0. The third-order valence-electron chi connectivity index (χ3n) is 2.86. The predicted octanol–water partition coefficient (Wildman–Crippen LogP) is 1.15. The topological polar surface area (TPSA) is 67.2 Å². The fourth-order valence-corrected chi connectivity index (χ4v) is 2.08. The van der Waals surface area contributed by atoms with E-state index >= 15 is 0 Å². The van der Waals surface area contributed by atoms with Crippen LogP contribution in [0.4, 0.5) is 10.1 Å². The third kappa shape index (κ3) is 2.76. The first kappa shape index (κ1) is 12.8. The summed E-state index contributed by atoms with van der Waals surface area (Å²) >= 11 is 4.73. The van der Waals surface area contributed by atoms with E-state index in [1.807, 2.05) is 0 Å². The van der Waals surface area contributed by atoms with Crippen molar-refractivity contribution >= 4 is 28.8 Å². The summed E-state index contributed by atoms with van der Waals surface area (Å²) in [5, 5.41) is 5.76. The van der Waals surface area contributed by atoms with Crippen molar-refractivity contribution in [2.75, 3.05) is 11.9 Å². The fraction of sp³-hybridized carbons (Fsp3) is 0.333. The highest BCUT2D eigenvalue weighted by molar-refractivity contribution is 7.80. The molecule has 0 aliphatic carbocycles. The molecule has 1 heterocycles. The third-order valence-corrected chi connectivity index (χ3v) is 3.08. The van der Waals surface area contributed by atoms with E-state index in [-0.39, 0.29) is 22.5 Å². The Morgan fingerprint density at radius 3 is 2.94 bits per heavy atom. The van der Waals surface area contributed by atoms with Gasteiger partial charge in [0.2, 0.25) is 5.91 Å². The van der Waals surface area contributed by atoms with Crippen molar-refractivity contribution in [2.45, 2.75) is 18.9 Å². The van der Waals surface area contributed by atoms with Gasteiger partial charge in [-0.3, -0.25) is 4.79 Å². The summed E-state index contributed by atoms with van der Waals surface area (Å²) in [6.45, 7) is 0.700. The van der Waals surface area contributed by atoms with E-state index < -0.39 is 5.82 Å². The molecular weight excluding hydrogens is 253 g/mol. The molecular formula is C12H14FN3OS. The largest absolute Gasteiger partial charge is 0.389 e. The SMILES string of the molecule is NC(=S)c1ccc(NC2CCCNC2=O)cc1F. The Morgan fingerprint density at radius 2 is 2.33 bits per heavy atom. The molecule has 0 aromatic heterocycles. The number of carbonyl (C=O) groups is 1. The van der Waals surface area contributed by atoms with Gasteiger partial charge in [-0.25, -0.2) is 4.39 Å². The fourth-order valence-electron chi connectivity index (χ4n) is 1.92. The summed E-state index contributed by atoms with van der Waals surface area (Å²) in [6, 6.07) is 4.17. The Morgan fingerprint density at radius 1 is 1.56 bits per heavy atom. The number of nitrogens with two attached hydrogens (primary N) is 1. The Balaban J connectivity index is 2.12. The molecule has 0 saturated carbocycles. The van der Waals surface area contributed by atoms with Crippen LogP contribution in [0.3, 0.4) is 0 Å². The van der Waals surface area contributed by atoms with Crippen LogP contribution in [0, 0.1) is 5.82 Å². The number of piperidine rings is 1. The molecule has 6 heteroatoms. The molecule has 0 radical (unpaired) electrons. The lowest BCUT2D eigenvalue weighted by molar-refractivity contribution is -0.123. The molecule has 4 nitrogen and oxygen atoms in total. The minimum Gasteiger partial charge on any atom is -0.389 e. The molecule has 0 bridgehead atoms. The molecule has 1 saturated heterocycles. The van der Waals surface area contributed by atoms with Gasteiger partial charge in [0.15, 0.2) is 0 Å². The molecule has 1 atom stereocenters. The maximum Gasteiger partial charge on any atom is 0.242 e. The smallest absolute Gasteiger partial charge is 0.242 e. The second-order valence-electron chi connectivity index (χ2n) is 4.19. The standard InChI is InChI=1S/C12H14FN3OS/c13-9-6-7(3-4-8(9)11(14)18)16-10-2-1-5-15-12(10)17/h3-4,6,10,16H,1-2,5H2,(H2,14,18)(H,15,17). The number of halogens is 1. The zero-order valence-corrected chi connectivity index (χ0v) is 10.5. The molecule has 96 valence electrons. The van der Waals surface area contributed by atoms with Crippen LogP contribution in [-0.2, 0) is 4.79 Å². The van der Waals surface area contributed by atoms with Gasteiger partial charge >= 0.3 is 0 Å². The lowest BCUT2D eigenvalue weighted by Gasteiger charge is -2.23. The van der Waals surface area contributed by atoms with E-state index in [1.54, 1.807) is 6.07 Å². The van der Waals surface area contributed by atoms with Crippen LogP contribution >= 0.6 is 12.2 Å². The number of hydrogen-bond donors (Lipinski definition) is 3. The summed E-state index contributed by atoms with van der Waals surface area (Å²) in [4.78, 5) is 11.6. The molecule has 1 unspecified atom stereocenters. The van der Waals surface area contributed by atoms with Crippen LogP contribution in [0.2, 0.25) is 0 Å². The van der Waals surface area contributed by atoms with Gasteiger partial charge in [-0.15, -0.1) is 0 Å². The molecule has 1 aliphatic heterocycles. The quantitative estimate of drug-likeness (QED) is 0.719. The van der Waals surface area contributed by atoms with E-state index in [0.717, 1.165) is 12.8 Å². The Bertz CT molecular complexity index is 492. The summed E-state index contributed by atoms with van der Waals surface area (Å²) in [5.74, 6) is -0.538. The van der Waals surface area contributed by atoms with E-state index in [4.69, 9.17) is 18.0 Å². The van der Waals surface area contributed by atoms with Gasteiger partial charge in [0.1, 0.15) is 16.8 Å². The van der Waals surface area contributed by atoms with Crippen LogP contribution in [-0.4, -0.2) is 23.5 Å². The zero-order chi connectivity index (χ0) is 13.1. The maximum atomic E-state index is 13.6. The second-order valence-corrected chi connectivity index (χ2v) is 4.63. The van der Waals surface area contributed by atoms with E-state index in [0.29, 0.717) is 12.2 Å². The average Bonchev–Trinajstić information content (AvgIpc) is 2.32. The first-order valence-electron chi connectivity index (χ1n) is 5.71. The number of rotatable bonds is 3. The number of hydrogen-bond acceptors (Lipinski definition) is 3. The van der Waals surface area contributed by atoms with Crippen molar-refractivity contribution < 1.29 is 9.18 Å². The van der Waals surface area contributed by atoms with Gasteiger partial charge in [0.05, 0.1) is 0 Å². The van der Waals surface area contributed by atoms with Crippen molar-refractivity contribution in [1.29, 1.82) is 0 Å². The molecule has 18 heavy (non-hydrogen) atoms. The molecule has 1 aromatic rings. The summed E-state index contributed by atoms with van der Waals surface area (Å²) < 4.78 is 13.6. The normalized spacial score (nSPS) is 19.2. The predicted molar refractivity (Wildman–Crippen MR) is 71.9 cm³/mol. The summed E-state index contributed by atoms with van der Waals surface area (Å²) in [5.41, 5.74) is 6.14. The van der Waals surface area contributed by atoms with E-state index in [2.05, 4.69) is 10.6 Å². The van der Waals surface area contributed by atoms with Gasteiger partial charge in [-0.2, -0.15) is 0 Å². The Hall–Kier alpha value is -1.69. The number of benzene rings is 1. The van der Waals surface area contributed by atoms with E-state index in [1.165, 1.54) is 12.1 Å². The van der Waals surface area contributed by atoms with Crippen molar-refractivity contribution in [3.63, 3.8) is 0 Å². The molecule has 2 rings (SSSR count). The van der Waals surface area contributed by atoms with Crippen molar-refractivity contribution in [1.82, 2.24) is 5.32 Å². The molecule has 1 aliphatic rings. The average molecular weight is 267 g/mol. The van der Waals surface area contributed by atoms with Crippen molar-refractivity contribution in [3.8, 4) is 0 Å². The van der Waals surface area contributed by atoms with Crippen LogP contribution in [0.1, 0.15) is 18.4 Å². The van der Waals surface area contributed by atoms with Gasteiger partial charge < -0.3 is 16.4 Å². The van der Waals surface area contributed by atoms with Crippen molar-refractivity contribution in [3.05, 3.63) is 29.6 Å². The van der Waals surface area contributed by atoms with Gasteiger partial charge in [-0.1, -0.05) is 12.2 Å². The highest BCUT2D eigenvalue weighted by Crippen LogP contribution is 2.17.